The lowest BCUT2D eigenvalue weighted by atomic mass is 9.80. The van der Waals surface area contributed by atoms with Crippen LogP contribution >= 0.6 is 67.8 Å². The molecule has 0 spiro atoms. The maximum absolute atomic E-state index is 13.7. The van der Waals surface area contributed by atoms with Gasteiger partial charge in [0.15, 0.2) is 0 Å². The Morgan fingerprint density at radius 1 is 0.405 bits per heavy atom. The summed E-state index contributed by atoms with van der Waals surface area (Å²) >= 11 is 6.39. The molecule has 442 valence electrons. The minimum Gasteiger partial charge on any atom is -0.478 e. The van der Waals surface area contributed by atoms with E-state index in [1.54, 1.807) is 94.4 Å². The topological polar surface area (TPSA) is 214 Å². The first kappa shape index (κ1) is 72.9. The van der Waals surface area contributed by atoms with Gasteiger partial charge >= 0.3 is 37.0 Å². The average molecular weight is 1500 g/mol. The number of rotatable bonds is 11. The molecule has 0 aliphatic rings. The van der Waals surface area contributed by atoms with Gasteiger partial charge in [-0.05, 0) is 216 Å². The summed E-state index contributed by atoms with van der Waals surface area (Å²) in [6, 6.07) is 42.7. The normalized spacial score (nSPS) is 9.71. The van der Waals surface area contributed by atoms with Crippen molar-refractivity contribution in [2.45, 2.75) is 27.7 Å². The third kappa shape index (κ3) is 27.0. The second-order valence-electron chi connectivity index (χ2n) is 16.1. The summed E-state index contributed by atoms with van der Waals surface area (Å²) in [7, 11) is -1.89. The van der Waals surface area contributed by atoms with E-state index >= 15 is 0 Å². The molecule has 23 heteroatoms. The Morgan fingerprint density at radius 2 is 0.690 bits per heavy atom. The van der Waals surface area contributed by atoms with Crippen LogP contribution in [0.1, 0.15) is 79.5 Å². The third-order valence-electron chi connectivity index (χ3n) is 9.95. The van der Waals surface area contributed by atoms with Crippen LogP contribution in [0.5, 0.6) is 0 Å². The van der Waals surface area contributed by atoms with Gasteiger partial charge in [-0.1, -0.05) is 48.5 Å². The van der Waals surface area contributed by atoms with E-state index in [4.69, 9.17) is 39.6 Å². The lowest BCUT2D eigenvalue weighted by Crippen LogP contribution is -2.32. The number of aromatic carboxylic acids is 2. The number of hydrogen-bond acceptors (Lipinski definition) is 11. The lowest BCUT2D eigenvalue weighted by Gasteiger charge is -2.06. The van der Waals surface area contributed by atoms with Crippen LogP contribution in [0.2, 0.25) is 0 Å². The van der Waals surface area contributed by atoms with Gasteiger partial charge < -0.3 is 39.6 Å². The number of halogens is 9. The van der Waals surface area contributed by atoms with Gasteiger partial charge in [0.05, 0.1) is 47.6 Å². The molecule has 0 amide bonds. The molecule has 0 bridgehead atoms. The molecular formula is C61H54BF6I3O13. The Hall–Kier alpha value is -7.18. The van der Waals surface area contributed by atoms with Gasteiger partial charge in [0.1, 0.15) is 34.9 Å². The maximum atomic E-state index is 13.7. The molecule has 84 heavy (non-hydrogen) atoms. The Bertz CT molecular complexity index is 3370. The quantitative estimate of drug-likeness (QED) is 0.0268. The first-order valence-corrected chi connectivity index (χ1v) is 27.9. The Balaban J connectivity index is 0.000000346. The molecule has 0 fully saturated rings. The molecular weight excluding hydrogens is 1450 g/mol. The first-order valence-electron chi connectivity index (χ1n) is 24.7. The summed E-state index contributed by atoms with van der Waals surface area (Å²) < 4.78 is 95.1. The van der Waals surface area contributed by atoms with Crippen LogP contribution in [-0.4, -0.2) is 88.8 Å². The van der Waals surface area contributed by atoms with Gasteiger partial charge in [0, 0.05) is 52.1 Å². The van der Waals surface area contributed by atoms with Crippen LogP contribution in [0.3, 0.4) is 0 Å². The minimum absolute atomic E-state index is 0.0613. The number of hydrogen-bond donors (Lipinski definition) is 5. The molecule has 0 radical (unpaired) electrons. The standard InChI is InChI=1S/C15H12F2O2.C13H8F2O2.2C9H9IO2.C7H5IO2.C6H5BF2O2.C2H6O/c1-2-19-15(18)11-5-3-4-10(8-11)13-7-6-12(16)9-14(13)17;14-10-4-5-11(12(15)7-10)8-2-1-3-9(6-8)13(16)17;2*1-2-12-9(11)7-4-3-5-8(10)6-7;8-6-3-1-2-5(4-6)7(9)10;8-4-1-2-5(7(10)11)6(9)3-4;1-2-3/h3-9H,2H2,1H3;1-7H,(H,16,17);2*3-6H,2H2,1H3;1-4H,(H,9,10);1-3,10-11H;3H,2H2,1H3. The fourth-order valence-electron chi connectivity index (χ4n) is 6.29. The van der Waals surface area contributed by atoms with Crippen LogP contribution in [0.4, 0.5) is 26.3 Å². The SMILES string of the molecule is CCO.CCOC(=O)c1cccc(-c2ccc(F)cc2F)c1.CCOC(=O)c1cccc(I)c1.CCOC(=O)c1cccc(I)c1.O=C(O)c1cccc(-c2ccc(F)cc2F)c1.O=C(O)c1cccc(I)c1.OB(O)c1ccc(F)cc1F. The van der Waals surface area contributed by atoms with Gasteiger partial charge in [-0.25, -0.2) is 50.3 Å². The Morgan fingerprint density at radius 3 is 0.988 bits per heavy atom. The van der Waals surface area contributed by atoms with Crippen LogP contribution in [0.25, 0.3) is 22.3 Å². The fraction of sp³-hybridized carbons (Fsp3) is 0.131. The van der Waals surface area contributed by atoms with E-state index in [2.05, 4.69) is 67.8 Å². The predicted molar refractivity (Wildman–Crippen MR) is 332 cm³/mol. The van der Waals surface area contributed by atoms with Gasteiger partial charge in [-0.3, -0.25) is 0 Å². The summed E-state index contributed by atoms with van der Waals surface area (Å²) in [6.07, 6.45) is 0. The van der Waals surface area contributed by atoms with E-state index in [9.17, 15) is 50.3 Å². The summed E-state index contributed by atoms with van der Waals surface area (Å²) in [6.45, 7) is 8.35. The van der Waals surface area contributed by atoms with E-state index in [0.717, 1.165) is 41.0 Å². The maximum Gasteiger partial charge on any atom is 0.491 e. The van der Waals surface area contributed by atoms with Crippen LogP contribution in [0.15, 0.2) is 176 Å². The van der Waals surface area contributed by atoms with Gasteiger partial charge in [-0.2, -0.15) is 0 Å². The van der Waals surface area contributed by atoms with Crippen molar-refractivity contribution in [3.05, 3.63) is 249 Å². The highest BCUT2D eigenvalue weighted by molar-refractivity contribution is 14.1. The van der Waals surface area contributed by atoms with Crippen LogP contribution < -0.4 is 5.46 Å². The molecule has 0 aliphatic carbocycles. The molecule has 0 unspecified atom stereocenters. The summed E-state index contributed by atoms with van der Waals surface area (Å²) in [5.41, 5.74) is 2.97. The largest absolute Gasteiger partial charge is 0.491 e. The van der Waals surface area contributed by atoms with Crippen molar-refractivity contribution in [1.29, 1.82) is 0 Å². The monoisotopic (exact) mass is 1500 g/mol. The Kier molecular flexibility index (Phi) is 34.2. The molecule has 0 atom stereocenters. The van der Waals surface area contributed by atoms with Crippen molar-refractivity contribution >= 4 is 110 Å². The third-order valence-corrected chi connectivity index (χ3v) is 12.0. The molecule has 8 aromatic carbocycles. The highest BCUT2D eigenvalue weighted by Gasteiger charge is 2.17. The molecule has 0 aliphatic heterocycles. The van der Waals surface area contributed by atoms with Crippen LogP contribution in [-0.2, 0) is 14.2 Å². The highest BCUT2D eigenvalue weighted by atomic mass is 127. The number of benzene rings is 8. The number of carbonyl (C=O) groups excluding carboxylic acids is 3. The van der Waals surface area contributed by atoms with Crippen molar-refractivity contribution < 1.29 is 89.9 Å². The number of ether oxygens (including phenoxy) is 3. The predicted octanol–water partition coefficient (Wildman–Crippen LogP) is 13.7. The molecule has 8 rings (SSSR count). The van der Waals surface area contributed by atoms with Gasteiger partial charge in [-0.15, -0.1) is 0 Å². The summed E-state index contributed by atoms with van der Waals surface area (Å²) in [5, 5.41) is 41.9. The molecule has 8 aromatic rings. The van der Waals surface area contributed by atoms with E-state index in [1.165, 1.54) is 42.5 Å². The van der Waals surface area contributed by atoms with Crippen molar-refractivity contribution in [1.82, 2.24) is 0 Å². The second kappa shape index (κ2) is 39.4. The Labute approximate surface area is 521 Å². The number of carboxylic acid groups (broad SMARTS) is 2. The fourth-order valence-corrected chi connectivity index (χ4v) is 7.92. The van der Waals surface area contributed by atoms with E-state index in [-0.39, 0.29) is 47.3 Å². The lowest BCUT2D eigenvalue weighted by molar-refractivity contribution is 0.0516. The highest BCUT2D eigenvalue weighted by Crippen LogP contribution is 2.26. The smallest absolute Gasteiger partial charge is 0.478 e. The zero-order valence-corrected chi connectivity index (χ0v) is 51.5. The number of esters is 3. The molecule has 13 nitrogen and oxygen atoms in total. The molecule has 0 aromatic heterocycles. The summed E-state index contributed by atoms with van der Waals surface area (Å²) in [4.78, 5) is 55.1. The molecule has 0 heterocycles. The van der Waals surface area contributed by atoms with E-state index in [0.29, 0.717) is 52.7 Å². The minimum atomic E-state index is -1.89. The van der Waals surface area contributed by atoms with Crippen molar-refractivity contribution in [3.8, 4) is 22.3 Å². The number of carboxylic acids is 2. The number of aliphatic hydroxyl groups is 1. The van der Waals surface area contributed by atoms with Crippen molar-refractivity contribution in [2.24, 2.45) is 0 Å². The number of aliphatic hydroxyl groups excluding tert-OH is 1. The van der Waals surface area contributed by atoms with Crippen molar-refractivity contribution in [2.75, 3.05) is 26.4 Å². The average Bonchev–Trinajstić information content (AvgIpc) is 3.55. The van der Waals surface area contributed by atoms with E-state index < -0.39 is 59.9 Å². The van der Waals surface area contributed by atoms with Crippen LogP contribution in [0, 0.1) is 45.6 Å². The molecule has 0 saturated heterocycles. The zero-order valence-electron chi connectivity index (χ0n) is 45.1. The first-order chi connectivity index (χ1) is 39.9. The summed E-state index contributed by atoms with van der Waals surface area (Å²) in [5.74, 6) is -7.32. The molecule has 5 N–H and O–H groups in total. The second-order valence-corrected chi connectivity index (χ2v) is 19.8. The zero-order chi connectivity index (χ0) is 62.9. The van der Waals surface area contributed by atoms with Gasteiger partial charge in [0.2, 0.25) is 0 Å². The van der Waals surface area contributed by atoms with Crippen molar-refractivity contribution in [3.63, 3.8) is 0 Å². The molecule has 0 saturated carbocycles. The van der Waals surface area contributed by atoms with E-state index in [1.807, 2.05) is 30.3 Å². The number of carbonyl (C=O) groups is 5. The van der Waals surface area contributed by atoms with Gasteiger partial charge in [0.25, 0.3) is 0 Å².